The van der Waals surface area contributed by atoms with Gasteiger partial charge in [-0.3, -0.25) is 0 Å². The average molecular weight is 1290 g/mol. The first-order chi connectivity index (χ1) is 44.4. The summed E-state index contributed by atoms with van der Waals surface area (Å²) >= 11 is 0. The van der Waals surface area contributed by atoms with Gasteiger partial charge in [-0.05, 0) is 116 Å². The Hall–Kier alpha value is -9.88. The minimum Gasteiger partial charge on any atom is -0.455 e. The van der Waals surface area contributed by atoms with Gasteiger partial charge < -0.3 is 37.9 Å². The van der Waals surface area contributed by atoms with E-state index in [1.807, 2.05) is 24.3 Å². The number of benzene rings is 8. The van der Waals surface area contributed by atoms with Crippen molar-refractivity contribution in [3.05, 3.63) is 188 Å². The van der Waals surface area contributed by atoms with Crippen LogP contribution in [0.5, 0.6) is 92.0 Å². The topological polar surface area (TPSA) is 169 Å². The Morgan fingerprint density at radius 1 is 0.188 bits per heavy atom. The lowest BCUT2D eigenvalue weighted by molar-refractivity contribution is 0.412. The van der Waals surface area contributed by atoms with Crippen LogP contribution in [0.1, 0.15) is 233 Å². The van der Waals surface area contributed by atoms with E-state index in [2.05, 4.69) is 215 Å². The van der Waals surface area contributed by atoms with Gasteiger partial charge in [-0.1, -0.05) is 190 Å². The molecular weight excluding hydrogens is 1190 g/mol. The maximum Gasteiger partial charge on any atom is 0.149 e. The van der Waals surface area contributed by atoms with Gasteiger partial charge in [-0.2, -0.15) is 21.0 Å². The molecule has 0 amide bonds. The molecule has 0 spiro atoms. The van der Waals surface area contributed by atoms with Gasteiger partial charge in [0.05, 0.1) is 0 Å². The summed E-state index contributed by atoms with van der Waals surface area (Å²) in [5, 5.41) is 45.1. The van der Waals surface area contributed by atoms with Crippen molar-refractivity contribution in [1.82, 2.24) is 0 Å². The molecule has 0 saturated heterocycles. The summed E-state index contributed by atoms with van der Waals surface area (Å²) in [7, 11) is 0. The summed E-state index contributed by atoms with van der Waals surface area (Å²) in [4.78, 5) is 0. The lowest BCUT2D eigenvalue weighted by atomic mass is 9.79. The molecule has 16 bridgehead atoms. The minimum atomic E-state index is -0.487. The fraction of sp³-hybridized carbons (Fsp3) is 0.381. The molecule has 1 aliphatic rings. The number of ether oxygens (including phenoxy) is 8. The Balaban J connectivity index is 1.34. The van der Waals surface area contributed by atoms with E-state index >= 15 is 0 Å². The van der Waals surface area contributed by atoms with Gasteiger partial charge in [0.2, 0.25) is 0 Å². The quantitative estimate of drug-likeness (QED) is 0.141. The lowest BCUT2D eigenvalue weighted by Gasteiger charge is -2.30. The van der Waals surface area contributed by atoms with E-state index in [1.165, 1.54) is 0 Å². The Kier molecular flexibility index (Phi) is 18.6. The maximum atomic E-state index is 11.3. The van der Waals surface area contributed by atoms with Gasteiger partial charge in [0.1, 0.15) is 139 Å². The molecule has 1 aliphatic heterocycles. The molecule has 0 fully saturated rings. The number of nitriles is 4. The van der Waals surface area contributed by atoms with Crippen LogP contribution in [0, 0.1) is 45.3 Å². The summed E-state index contributed by atoms with van der Waals surface area (Å²) in [5.41, 5.74) is 3.40. The van der Waals surface area contributed by atoms with Crippen molar-refractivity contribution in [2.75, 3.05) is 0 Å². The highest BCUT2D eigenvalue weighted by atomic mass is 16.5. The predicted molar refractivity (Wildman–Crippen MR) is 381 cm³/mol. The molecule has 496 valence electrons. The van der Waals surface area contributed by atoms with E-state index < -0.39 is 43.3 Å². The third kappa shape index (κ3) is 14.8. The highest BCUT2D eigenvalue weighted by Crippen LogP contribution is 2.53. The Labute approximate surface area is 569 Å². The first kappa shape index (κ1) is 70.4. The molecule has 0 aromatic heterocycles. The maximum absolute atomic E-state index is 11.3. The molecule has 0 N–H and O–H groups in total. The van der Waals surface area contributed by atoms with Crippen LogP contribution < -0.4 is 37.9 Å². The highest BCUT2D eigenvalue weighted by molar-refractivity contribution is 5.66. The van der Waals surface area contributed by atoms with Crippen molar-refractivity contribution in [1.29, 1.82) is 21.0 Å². The van der Waals surface area contributed by atoms with Gasteiger partial charge in [-0.15, -0.1) is 0 Å². The van der Waals surface area contributed by atoms with Gasteiger partial charge in [0.15, 0.2) is 0 Å². The molecule has 8 aromatic carbocycles. The van der Waals surface area contributed by atoms with Crippen LogP contribution in [0.2, 0.25) is 0 Å². The molecule has 0 unspecified atom stereocenters. The van der Waals surface area contributed by atoms with Crippen molar-refractivity contribution < 1.29 is 37.9 Å². The van der Waals surface area contributed by atoms with Crippen LogP contribution in [-0.2, 0) is 43.3 Å². The molecule has 8 aromatic rings. The highest BCUT2D eigenvalue weighted by Gasteiger charge is 2.35. The molecular formula is C84H92N4O8. The van der Waals surface area contributed by atoms with Crippen LogP contribution in [0.15, 0.2) is 121 Å². The molecule has 0 atom stereocenters. The normalized spacial score (nSPS) is 13.2. The molecule has 0 saturated carbocycles. The lowest BCUT2D eigenvalue weighted by Crippen LogP contribution is -2.19. The van der Waals surface area contributed by atoms with Crippen LogP contribution >= 0.6 is 0 Å². The molecule has 9 rings (SSSR count). The summed E-state index contributed by atoms with van der Waals surface area (Å²) in [6.07, 6.45) is 0. The second-order valence-electron chi connectivity index (χ2n) is 33.2. The zero-order valence-corrected chi connectivity index (χ0v) is 60.6. The van der Waals surface area contributed by atoms with Gasteiger partial charge in [0.25, 0.3) is 0 Å². The van der Waals surface area contributed by atoms with E-state index in [0.717, 1.165) is 44.5 Å². The summed E-state index contributed by atoms with van der Waals surface area (Å²) in [6.45, 7) is 50.4. The monoisotopic (exact) mass is 1280 g/mol. The fourth-order valence-corrected chi connectivity index (χ4v) is 11.7. The van der Waals surface area contributed by atoms with E-state index in [1.54, 1.807) is 72.8 Å². The molecule has 0 aliphatic carbocycles. The van der Waals surface area contributed by atoms with Crippen molar-refractivity contribution in [2.45, 2.75) is 209 Å². The van der Waals surface area contributed by atoms with Crippen molar-refractivity contribution >= 4 is 0 Å². The van der Waals surface area contributed by atoms with Crippen molar-refractivity contribution in [2.24, 2.45) is 0 Å². The number of fused-ring (bicyclic) bond motifs is 16. The summed E-state index contributed by atoms with van der Waals surface area (Å²) in [6, 6.07) is 46.4. The first-order valence-corrected chi connectivity index (χ1v) is 32.8. The van der Waals surface area contributed by atoms with E-state index in [-0.39, 0.29) is 68.2 Å². The first-order valence-electron chi connectivity index (χ1n) is 32.8. The Morgan fingerprint density at radius 3 is 0.396 bits per heavy atom. The van der Waals surface area contributed by atoms with Gasteiger partial charge in [-0.25, -0.2) is 0 Å². The third-order valence-corrected chi connectivity index (χ3v) is 16.9. The molecule has 12 nitrogen and oxygen atoms in total. The van der Waals surface area contributed by atoms with Crippen LogP contribution in [-0.4, -0.2) is 0 Å². The van der Waals surface area contributed by atoms with E-state index in [9.17, 15) is 21.0 Å². The van der Waals surface area contributed by atoms with Crippen molar-refractivity contribution in [3.63, 3.8) is 0 Å². The fourth-order valence-electron chi connectivity index (χ4n) is 11.7. The SMILES string of the molecule is CC(C)(C)c1cc(C(C)(C)C)c2cc1Oc1cccc(c1C#N)Oc1cc(c(C(C)(C)C)cc1C(C)(C)C)Oc1cccc(c1C#N)Oc1cc(c(C(C)(C)C)cc1C(C)(C)C)Oc1cccc(c1C#N)Oc1cc(c(C(C)(C)C)cc1C(C)(C)C)Oc1cccc(c1C#N)O2. The molecule has 0 radical (unpaired) electrons. The van der Waals surface area contributed by atoms with E-state index in [4.69, 9.17) is 37.9 Å². The summed E-state index contributed by atoms with van der Waals surface area (Å²) < 4.78 is 56.1. The average Bonchev–Trinajstić information content (AvgIpc) is 0.786. The largest absolute Gasteiger partial charge is 0.455 e. The smallest absolute Gasteiger partial charge is 0.149 e. The molecule has 12 heteroatoms. The standard InChI is InChI=1S/C84H92N4O8/c1-77(2,3)53-37-54(78(4,5)6)70-41-69(53)89-61-29-25-30-62(49(61)45-85)91-71-42-72(56(80(10,11)12)38-55(71)79(7,8)9)93-65-33-27-34-66(51(65)47-87)95-75-44-76(60(84(22,23)24)40-59(75)83(19,20)21)96-68-36-28-35-67(52(68)48-88)94-74-43-73(57(81(13,14)15)39-58(74)82(16,17)18)92-64-32-26-31-63(90-70)50(64)46-86/h25-44H,1-24H3. The van der Waals surface area contributed by atoms with Crippen LogP contribution in [0.3, 0.4) is 0 Å². The van der Waals surface area contributed by atoms with E-state index in [0.29, 0.717) is 46.0 Å². The second kappa shape index (κ2) is 25.4. The number of nitrogens with zero attached hydrogens (tertiary/aromatic N) is 4. The Morgan fingerprint density at radius 2 is 0.302 bits per heavy atom. The number of hydrogen-bond donors (Lipinski definition) is 0. The van der Waals surface area contributed by atoms with Crippen LogP contribution in [0.4, 0.5) is 0 Å². The zero-order valence-electron chi connectivity index (χ0n) is 60.6. The van der Waals surface area contributed by atoms with Gasteiger partial charge in [0, 0.05) is 68.8 Å². The van der Waals surface area contributed by atoms with Gasteiger partial charge >= 0.3 is 0 Å². The Bertz CT molecular complexity index is 3730. The predicted octanol–water partition coefficient (Wildman–Crippen LogP) is 24.2. The second-order valence-corrected chi connectivity index (χ2v) is 33.2. The van der Waals surface area contributed by atoms with Crippen LogP contribution in [0.25, 0.3) is 0 Å². The number of rotatable bonds is 0. The third-order valence-electron chi connectivity index (χ3n) is 16.9. The zero-order chi connectivity index (χ0) is 70.8. The summed E-state index contributed by atoms with van der Waals surface area (Å²) in [5.74, 6) is 5.25. The molecule has 1 heterocycles. The minimum absolute atomic E-state index is 0.136. The molecule has 96 heavy (non-hydrogen) atoms. The number of hydrogen-bond acceptors (Lipinski definition) is 12. The van der Waals surface area contributed by atoms with Crippen molar-refractivity contribution in [3.8, 4) is 116 Å².